The number of carbonyl (C=O) groups is 3. The number of ether oxygens (including phenoxy) is 2. The Labute approximate surface area is 161 Å². The number of benzene rings is 1. The first-order valence-electron chi connectivity index (χ1n) is 9.15. The number of hydrogen-bond donors (Lipinski definition) is 1. The van der Waals surface area contributed by atoms with Gasteiger partial charge in [0.15, 0.2) is 6.61 Å². The number of alkyl carbamates (subject to hydrolysis) is 1. The SMILES string of the molecule is CCN(Cc1ccccc1)C(=O)COC(=O)CCCNC(=O)OC(C)(C)C. The van der Waals surface area contributed by atoms with Crippen LogP contribution >= 0.6 is 0 Å². The Bertz CT molecular complexity index is 611. The van der Waals surface area contributed by atoms with Crippen LogP contribution in [0.1, 0.15) is 46.1 Å². The maximum Gasteiger partial charge on any atom is 0.407 e. The lowest BCUT2D eigenvalue weighted by molar-refractivity contribution is -0.152. The van der Waals surface area contributed by atoms with Crippen molar-refractivity contribution in [2.45, 2.75) is 52.7 Å². The van der Waals surface area contributed by atoms with Crippen LogP contribution in [-0.4, -0.2) is 48.2 Å². The first-order valence-corrected chi connectivity index (χ1v) is 9.15. The van der Waals surface area contributed by atoms with Gasteiger partial charge in [-0.1, -0.05) is 30.3 Å². The molecule has 0 heterocycles. The molecule has 7 nitrogen and oxygen atoms in total. The van der Waals surface area contributed by atoms with Gasteiger partial charge in [0.05, 0.1) is 0 Å². The van der Waals surface area contributed by atoms with Gasteiger partial charge in [-0.3, -0.25) is 9.59 Å². The molecule has 0 bridgehead atoms. The smallest absolute Gasteiger partial charge is 0.407 e. The molecule has 150 valence electrons. The molecule has 0 fully saturated rings. The van der Waals surface area contributed by atoms with E-state index in [0.29, 0.717) is 26.1 Å². The minimum atomic E-state index is -0.561. The molecule has 0 unspecified atom stereocenters. The zero-order valence-corrected chi connectivity index (χ0v) is 16.6. The van der Waals surface area contributed by atoms with Gasteiger partial charge in [-0.05, 0) is 39.7 Å². The maximum atomic E-state index is 12.2. The van der Waals surface area contributed by atoms with Crippen LogP contribution in [0, 0.1) is 0 Å². The second-order valence-electron chi connectivity index (χ2n) is 7.09. The summed E-state index contributed by atoms with van der Waals surface area (Å²) in [6.07, 6.45) is 0.00678. The summed E-state index contributed by atoms with van der Waals surface area (Å²) in [5, 5.41) is 2.57. The van der Waals surface area contributed by atoms with Gasteiger partial charge in [-0.25, -0.2) is 4.79 Å². The van der Waals surface area contributed by atoms with Crippen LogP contribution in [0.3, 0.4) is 0 Å². The van der Waals surface area contributed by atoms with Gasteiger partial charge in [0, 0.05) is 26.1 Å². The van der Waals surface area contributed by atoms with Crippen molar-refractivity contribution in [3.05, 3.63) is 35.9 Å². The highest BCUT2D eigenvalue weighted by Gasteiger charge is 2.16. The fourth-order valence-electron chi connectivity index (χ4n) is 2.22. The zero-order chi connectivity index (χ0) is 20.3. The summed E-state index contributed by atoms with van der Waals surface area (Å²) in [5.41, 5.74) is 0.459. The number of amides is 2. The van der Waals surface area contributed by atoms with Gasteiger partial charge >= 0.3 is 12.1 Å². The Morgan fingerprint density at radius 1 is 1.11 bits per heavy atom. The van der Waals surface area contributed by atoms with Gasteiger partial charge < -0.3 is 19.7 Å². The van der Waals surface area contributed by atoms with Crippen molar-refractivity contribution in [2.75, 3.05) is 19.7 Å². The minimum absolute atomic E-state index is 0.119. The highest BCUT2D eigenvalue weighted by molar-refractivity contribution is 5.80. The molecule has 0 aromatic heterocycles. The maximum absolute atomic E-state index is 12.2. The first-order chi connectivity index (χ1) is 12.7. The molecule has 2 amide bonds. The largest absolute Gasteiger partial charge is 0.456 e. The van der Waals surface area contributed by atoms with E-state index in [9.17, 15) is 14.4 Å². The van der Waals surface area contributed by atoms with E-state index in [1.54, 1.807) is 25.7 Å². The van der Waals surface area contributed by atoms with Crippen LogP contribution in [0.4, 0.5) is 4.79 Å². The van der Waals surface area contributed by atoms with E-state index in [-0.39, 0.29) is 18.9 Å². The molecule has 1 aromatic carbocycles. The second-order valence-corrected chi connectivity index (χ2v) is 7.09. The molecule has 0 spiro atoms. The number of nitrogens with one attached hydrogen (secondary N) is 1. The van der Waals surface area contributed by atoms with Crippen molar-refractivity contribution in [3.8, 4) is 0 Å². The standard InChI is InChI=1S/C20H30N2O5/c1-5-22(14-16-10-7-6-8-11-16)17(23)15-26-18(24)12-9-13-21-19(25)27-20(2,3)4/h6-8,10-11H,5,9,12-15H2,1-4H3,(H,21,25). The van der Waals surface area contributed by atoms with Crippen LogP contribution in [0.15, 0.2) is 30.3 Å². The Kier molecular flexibility index (Phi) is 9.33. The molecule has 7 heteroatoms. The minimum Gasteiger partial charge on any atom is -0.456 e. The number of likely N-dealkylation sites (N-methyl/N-ethyl adjacent to an activating group) is 1. The number of carbonyl (C=O) groups excluding carboxylic acids is 3. The Balaban J connectivity index is 2.24. The topological polar surface area (TPSA) is 84.9 Å². The molecule has 0 saturated carbocycles. The van der Waals surface area contributed by atoms with Crippen LogP contribution in [-0.2, 0) is 25.6 Å². The molecule has 0 radical (unpaired) electrons. The summed E-state index contributed by atoms with van der Waals surface area (Å²) in [6.45, 7) is 8.24. The molecular formula is C20H30N2O5. The van der Waals surface area contributed by atoms with Crippen molar-refractivity contribution >= 4 is 18.0 Å². The molecule has 0 aliphatic heterocycles. The van der Waals surface area contributed by atoms with Crippen LogP contribution in [0.5, 0.6) is 0 Å². The molecule has 1 N–H and O–H groups in total. The third-order valence-corrected chi connectivity index (χ3v) is 3.53. The highest BCUT2D eigenvalue weighted by atomic mass is 16.6. The average Bonchev–Trinajstić information content (AvgIpc) is 2.60. The van der Waals surface area contributed by atoms with Gasteiger partial charge in [0.1, 0.15) is 5.60 Å². The first kappa shape index (κ1) is 22.5. The van der Waals surface area contributed by atoms with E-state index in [4.69, 9.17) is 9.47 Å². The number of nitrogens with zero attached hydrogens (tertiary/aromatic N) is 1. The zero-order valence-electron chi connectivity index (χ0n) is 16.6. The van der Waals surface area contributed by atoms with Gasteiger partial charge in [-0.2, -0.15) is 0 Å². The quantitative estimate of drug-likeness (QED) is 0.528. The highest BCUT2D eigenvalue weighted by Crippen LogP contribution is 2.07. The van der Waals surface area contributed by atoms with E-state index < -0.39 is 17.7 Å². The van der Waals surface area contributed by atoms with Crippen molar-refractivity contribution in [3.63, 3.8) is 0 Å². The molecule has 0 aliphatic carbocycles. The summed E-state index contributed by atoms with van der Waals surface area (Å²) < 4.78 is 10.1. The predicted octanol–water partition coefficient (Wildman–Crippen LogP) is 2.88. The normalized spacial score (nSPS) is 10.8. The summed E-state index contributed by atoms with van der Waals surface area (Å²) >= 11 is 0. The molecule has 0 saturated heterocycles. The van der Waals surface area contributed by atoms with E-state index in [0.717, 1.165) is 5.56 Å². The van der Waals surface area contributed by atoms with Gasteiger partial charge in [0.25, 0.3) is 5.91 Å². The van der Waals surface area contributed by atoms with E-state index >= 15 is 0 Å². The summed E-state index contributed by atoms with van der Waals surface area (Å²) in [6, 6.07) is 9.64. The molecule has 1 rings (SSSR count). The van der Waals surface area contributed by atoms with Crippen LogP contribution in [0.2, 0.25) is 0 Å². The van der Waals surface area contributed by atoms with Gasteiger partial charge in [-0.15, -0.1) is 0 Å². The third kappa shape index (κ3) is 10.2. The summed E-state index contributed by atoms with van der Waals surface area (Å²) in [5.74, 6) is -0.702. The number of esters is 1. The fraction of sp³-hybridized carbons (Fsp3) is 0.550. The lowest BCUT2D eigenvalue weighted by Gasteiger charge is -2.21. The van der Waals surface area contributed by atoms with Crippen LogP contribution in [0.25, 0.3) is 0 Å². The monoisotopic (exact) mass is 378 g/mol. The molecule has 1 aromatic rings. The molecule has 0 atom stereocenters. The molecular weight excluding hydrogens is 348 g/mol. The van der Waals surface area contributed by atoms with Crippen molar-refractivity contribution in [1.29, 1.82) is 0 Å². The average molecular weight is 378 g/mol. The van der Waals surface area contributed by atoms with E-state index in [2.05, 4.69) is 5.32 Å². The third-order valence-electron chi connectivity index (χ3n) is 3.53. The van der Waals surface area contributed by atoms with Crippen molar-refractivity contribution in [1.82, 2.24) is 10.2 Å². The van der Waals surface area contributed by atoms with Crippen molar-refractivity contribution in [2.24, 2.45) is 0 Å². The summed E-state index contributed by atoms with van der Waals surface area (Å²) in [4.78, 5) is 37.1. The summed E-state index contributed by atoms with van der Waals surface area (Å²) in [7, 11) is 0. The fourth-order valence-corrected chi connectivity index (χ4v) is 2.22. The van der Waals surface area contributed by atoms with Crippen molar-refractivity contribution < 1.29 is 23.9 Å². The number of hydrogen-bond acceptors (Lipinski definition) is 5. The second kappa shape index (κ2) is 11.2. The lowest BCUT2D eigenvalue weighted by atomic mass is 10.2. The Morgan fingerprint density at radius 2 is 1.78 bits per heavy atom. The van der Waals surface area contributed by atoms with E-state index in [1.165, 1.54) is 0 Å². The van der Waals surface area contributed by atoms with E-state index in [1.807, 2.05) is 37.3 Å². The Hall–Kier alpha value is -2.57. The molecule has 27 heavy (non-hydrogen) atoms. The molecule has 0 aliphatic rings. The Morgan fingerprint density at radius 3 is 2.37 bits per heavy atom. The van der Waals surface area contributed by atoms with Gasteiger partial charge in [0.2, 0.25) is 0 Å². The number of rotatable bonds is 9. The van der Waals surface area contributed by atoms with Crippen LogP contribution < -0.4 is 5.32 Å². The lowest BCUT2D eigenvalue weighted by Crippen LogP contribution is -2.34. The predicted molar refractivity (Wildman–Crippen MR) is 102 cm³/mol.